The van der Waals surface area contributed by atoms with Crippen LogP contribution >= 0.6 is 0 Å². The topological polar surface area (TPSA) is 114 Å². The molecule has 0 spiro atoms. The van der Waals surface area contributed by atoms with Crippen molar-refractivity contribution in [3.05, 3.63) is 48.0 Å². The first-order valence-electron chi connectivity index (χ1n) is 10.9. The van der Waals surface area contributed by atoms with Gasteiger partial charge in [0.2, 0.25) is 0 Å². The Kier molecular flexibility index (Phi) is 7.53. The van der Waals surface area contributed by atoms with E-state index in [9.17, 15) is 44.7 Å². The van der Waals surface area contributed by atoms with Crippen LogP contribution in [0.25, 0.3) is 0 Å². The third kappa shape index (κ3) is 5.45. The SMILES string of the molecule is CC(C)(N(C(=O)[O-])c1ccc2c(c1)N(S(=O)(=O)c1cccc(C(F)(F)F)c1)C[C@H](CCC#N)O2)C(F)(F)F. The zero-order valence-electron chi connectivity index (χ0n) is 19.8. The van der Waals surface area contributed by atoms with Gasteiger partial charge in [-0.25, -0.2) is 8.42 Å². The van der Waals surface area contributed by atoms with Gasteiger partial charge in [0.25, 0.3) is 10.0 Å². The third-order valence-electron chi connectivity index (χ3n) is 5.90. The summed E-state index contributed by atoms with van der Waals surface area (Å²) < 4.78 is 114. The molecule has 0 radical (unpaired) electrons. The Balaban J connectivity index is 2.20. The van der Waals surface area contributed by atoms with Crippen LogP contribution in [0, 0.1) is 11.3 Å². The molecule has 3 rings (SSSR count). The van der Waals surface area contributed by atoms with Gasteiger partial charge in [0.15, 0.2) is 0 Å². The first kappa shape index (κ1) is 28.9. The highest BCUT2D eigenvalue weighted by Crippen LogP contribution is 2.44. The summed E-state index contributed by atoms with van der Waals surface area (Å²) >= 11 is 0. The predicted octanol–water partition coefficient (Wildman–Crippen LogP) is 4.46. The zero-order valence-corrected chi connectivity index (χ0v) is 20.6. The van der Waals surface area contributed by atoms with Gasteiger partial charge in [-0.05, 0) is 56.7 Å². The van der Waals surface area contributed by atoms with Crippen molar-refractivity contribution in [1.29, 1.82) is 5.26 Å². The molecule has 1 heterocycles. The van der Waals surface area contributed by atoms with Gasteiger partial charge in [-0.3, -0.25) is 4.31 Å². The van der Waals surface area contributed by atoms with Gasteiger partial charge in [-0.15, -0.1) is 0 Å². The average molecular weight is 564 g/mol. The molecule has 8 nitrogen and oxygen atoms in total. The maximum atomic E-state index is 13.7. The zero-order chi connectivity index (χ0) is 28.7. The van der Waals surface area contributed by atoms with Crippen molar-refractivity contribution in [2.75, 3.05) is 15.7 Å². The number of sulfonamides is 1. The van der Waals surface area contributed by atoms with Crippen molar-refractivity contribution in [2.24, 2.45) is 0 Å². The molecule has 0 unspecified atom stereocenters. The molecule has 206 valence electrons. The van der Waals surface area contributed by atoms with Crippen molar-refractivity contribution in [1.82, 2.24) is 0 Å². The third-order valence-corrected chi connectivity index (χ3v) is 7.67. The summed E-state index contributed by atoms with van der Waals surface area (Å²) in [6, 6.07) is 7.51. The number of amides is 1. The van der Waals surface area contributed by atoms with Crippen molar-refractivity contribution >= 4 is 27.5 Å². The largest absolute Gasteiger partial charge is 0.530 e. The highest BCUT2D eigenvalue weighted by molar-refractivity contribution is 7.92. The molecule has 15 heteroatoms. The van der Waals surface area contributed by atoms with Crippen LogP contribution in [0.4, 0.5) is 42.5 Å². The normalized spacial score (nSPS) is 16.3. The lowest BCUT2D eigenvalue weighted by molar-refractivity contribution is -0.254. The maximum absolute atomic E-state index is 13.7. The maximum Gasteiger partial charge on any atom is 0.416 e. The van der Waals surface area contributed by atoms with Gasteiger partial charge >= 0.3 is 12.4 Å². The summed E-state index contributed by atoms with van der Waals surface area (Å²) in [6.07, 6.45) is -13.1. The fourth-order valence-electron chi connectivity index (χ4n) is 3.79. The Labute approximate surface area is 213 Å². The first-order chi connectivity index (χ1) is 17.4. The number of nitrogens with zero attached hydrogens (tertiary/aromatic N) is 3. The summed E-state index contributed by atoms with van der Waals surface area (Å²) in [7, 11) is -4.78. The number of nitriles is 1. The van der Waals surface area contributed by atoms with E-state index in [1.54, 1.807) is 0 Å². The van der Waals surface area contributed by atoms with Crippen molar-refractivity contribution in [3.8, 4) is 11.8 Å². The lowest BCUT2D eigenvalue weighted by Crippen LogP contribution is -2.60. The fraction of sp³-hybridized carbons (Fsp3) is 0.391. The van der Waals surface area contributed by atoms with E-state index in [0.717, 1.165) is 30.3 Å². The van der Waals surface area contributed by atoms with Crippen LogP contribution in [-0.2, 0) is 16.2 Å². The summed E-state index contributed by atoms with van der Waals surface area (Å²) in [5, 5.41) is 20.7. The van der Waals surface area contributed by atoms with E-state index in [1.807, 2.05) is 6.07 Å². The summed E-state index contributed by atoms with van der Waals surface area (Å²) in [5.41, 5.74) is -5.28. The molecule has 0 N–H and O–H groups in total. The molecule has 0 fully saturated rings. The minimum Gasteiger partial charge on any atom is -0.530 e. The number of carbonyl (C=O) groups is 1. The van der Waals surface area contributed by atoms with E-state index in [1.165, 1.54) is 0 Å². The Bertz CT molecular complexity index is 1370. The van der Waals surface area contributed by atoms with Crippen LogP contribution in [0.3, 0.4) is 0 Å². The highest BCUT2D eigenvalue weighted by Gasteiger charge is 2.52. The number of hydrogen-bond donors (Lipinski definition) is 0. The van der Waals surface area contributed by atoms with E-state index in [4.69, 9.17) is 10.00 Å². The molecule has 2 aromatic rings. The second-order valence-electron chi connectivity index (χ2n) is 8.81. The molecule has 0 bridgehead atoms. The number of fused-ring (bicyclic) bond motifs is 1. The number of rotatable bonds is 6. The first-order valence-corrected chi connectivity index (χ1v) is 12.3. The molecule has 1 atom stereocenters. The van der Waals surface area contributed by atoms with Crippen LogP contribution in [0.5, 0.6) is 5.75 Å². The second-order valence-corrected chi connectivity index (χ2v) is 10.7. The van der Waals surface area contributed by atoms with Crippen LogP contribution < -0.4 is 19.0 Å². The van der Waals surface area contributed by atoms with Gasteiger partial charge in [0.1, 0.15) is 23.5 Å². The van der Waals surface area contributed by atoms with Gasteiger partial charge in [-0.2, -0.15) is 31.6 Å². The highest BCUT2D eigenvalue weighted by atomic mass is 32.2. The second kappa shape index (κ2) is 9.90. The number of carboxylic acid groups (broad SMARTS) is 1. The van der Waals surface area contributed by atoms with E-state index in [-0.39, 0.29) is 23.5 Å². The van der Waals surface area contributed by atoms with Gasteiger partial charge in [0, 0.05) is 12.1 Å². The van der Waals surface area contributed by atoms with E-state index in [2.05, 4.69) is 0 Å². The molecule has 1 aliphatic rings. The molecule has 1 amide bonds. The van der Waals surface area contributed by atoms with Crippen molar-refractivity contribution in [2.45, 2.75) is 55.6 Å². The number of benzene rings is 2. The Morgan fingerprint density at radius 1 is 1.16 bits per heavy atom. The Morgan fingerprint density at radius 3 is 2.37 bits per heavy atom. The van der Waals surface area contributed by atoms with Crippen LogP contribution in [0.15, 0.2) is 47.4 Å². The summed E-state index contributed by atoms with van der Waals surface area (Å²) in [6.45, 7) is 0.645. The molecule has 0 saturated heterocycles. The van der Waals surface area contributed by atoms with Crippen molar-refractivity contribution < 1.29 is 49.4 Å². The number of halogens is 6. The molecule has 2 aromatic carbocycles. The molecular weight excluding hydrogens is 544 g/mol. The number of anilines is 2. The molecule has 1 aliphatic heterocycles. The monoisotopic (exact) mass is 564 g/mol. The molecular formula is C23H20F6N3O5S-. The standard InChI is InChI=1S/C23H21F6N3O5S/c1-21(2,23(27,28)29)32(20(33)34)15-8-9-19-18(12-15)31(13-16(37-19)6-4-10-30)38(35,36)17-7-3-5-14(11-17)22(24,25)26/h3,5,7-9,11-12,16H,4,6,13H2,1-2H3,(H,33,34)/p-1/t16-/m0/s1. The van der Waals surface area contributed by atoms with Crippen molar-refractivity contribution in [3.63, 3.8) is 0 Å². The Morgan fingerprint density at radius 2 is 1.82 bits per heavy atom. The average Bonchev–Trinajstić information content (AvgIpc) is 2.80. The summed E-state index contributed by atoms with van der Waals surface area (Å²) in [5.74, 6) is -0.193. The van der Waals surface area contributed by atoms with E-state index >= 15 is 0 Å². The number of ether oxygens (including phenoxy) is 1. The molecule has 0 aliphatic carbocycles. The van der Waals surface area contributed by atoms with Crippen LogP contribution in [0.1, 0.15) is 32.3 Å². The minimum atomic E-state index is -5.06. The number of alkyl halides is 6. The summed E-state index contributed by atoms with van der Waals surface area (Å²) in [4.78, 5) is 10.9. The van der Waals surface area contributed by atoms with E-state index in [0.29, 0.717) is 30.3 Å². The van der Waals surface area contributed by atoms with Crippen LogP contribution in [0.2, 0.25) is 0 Å². The minimum absolute atomic E-state index is 0.0264. The van der Waals surface area contributed by atoms with Gasteiger partial charge in [0.05, 0.1) is 28.8 Å². The Hall–Kier alpha value is -3.67. The quantitative estimate of drug-likeness (QED) is 0.479. The lowest BCUT2D eigenvalue weighted by atomic mass is 10.0. The smallest absolute Gasteiger partial charge is 0.416 e. The van der Waals surface area contributed by atoms with Gasteiger partial charge in [-0.1, -0.05) is 6.07 Å². The fourth-order valence-corrected chi connectivity index (χ4v) is 5.33. The molecule has 0 aromatic heterocycles. The number of carbonyl (C=O) groups excluding carboxylic acids is 1. The molecule has 0 saturated carbocycles. The van der Waals surface area contributed by atoms with E-state index < -0.39 is 68.5 Å². The number of hydrogen-bond acceptors (Lipinski definition) is 6. The van der Waals surface area contributed by atoms with Gasteiger partial charge < -0.3 is 19.5 Å². The molecule has 38 heavy (non-hydrogen) atoms. The van der Waals surface area contributed by atoms with Crippen LogP contribution in [-0.4, -0.2) is 38.9 Å². The lowest BCUT2D eigenvalue weighted by Gasteiger charge is -2.42. The predicted molar refractivity (Wildman–Crippen MR) is 120 cm³/mol.